The molecule has 0 aliphatic rings. The Kier molecular flexibility index (Phi) is 8.73. The summed E-state index contributed by atoms with van der Waals surface area (Å²) in [5.74, 6) is 0.00721. The Balaban J connectivity index is 3.81. The van der Waals surface area contributed by atoms with Crippen LogP contribution in [0.2, 0.25) is 0 Å². The molecule has 0 spiro atoms. The highest BCUT2D eigenvalue weighted by Crippen LogP contribution is 2.18. The molecule has 0 aliphatic heterocycles. The molecule has 17 heavy (non-hydrogen) atoms. The predicted molar refractivity (Wildman–Crippen MR) is 68.5 cm³/mol. The normalized spacial score (nSPS) is 14.1. The summed E-state index contributed by atoms with van der Waals surface area (Å²) in [5.41, 5.74) is 0. The van der Waals surface area contributed by atoms with Gasteiger partial charge in [0.2, 0.25) is 0 Å². The standard InChI is InChI=1S/C14H26O3/c1-5-7-8-9-13(15)17-14(16)10-12(4)11(3)6-2/h11-12H,5-10H2,1-4H3. The van der Waals surface area contributed by atoms with Crippen LogP contribution in [0.4, 0.5) is 0 Å². The number of ether oxygens (including phenoxy) is 1. The van der Waals surface area contributed by atoms with Crippen molar-refractivity contribution in [2.24, 2.45) is 11.8 Å². The molecule has 3 nitrogen and oxygen atoms in total. The van der Waals surface area contributed by atoms with E-state index in [-0.39, 0.29) is 17.9 Å². The van der Waals surface area contributed by atoms with Gasteiger partial charge in [-0.25, -0.2) is 0 Å². The van der Waals surface area contributed by atoms with E-state index in [4.69, 9.17) is 4.74 Å². The summed E-state index contributed by atoms with van der Waals surface area (Å²) in [7, 11) is 0. The summed E-state index contributed by atoms with van der Waals surface area (Å²) in [6, 6.07) is 0. The number of hydrogen-bond acceptors (Lipinski definition) is 3. The minimum atomic E-state index is -0.376. The largest absolute Gasteiger partial charge is 0.393 e. The van der Waals surface area contributed by atoms with Crippen LogP contribution in [0.25, 0.3) is 0 Å². The van der Waals surface area contributed by atoms with Gasteiger partial charge in [-0.15, -0.1) is 0 Å². The first kappa shape index (κ1) is 16.1. The summed E-state index contributed by atoms with van der Waals surface area (Å²) in [5, 5.41) is 0. The number of carbonyl (C=O) groups is 2. The van der Waals surface area contributed by atoms with Crippen molar-refractivity contribution in [3.8, 4) is 0 Å². The van der Waals surface area contributed by atoms with E-state index in [1.165, 1.54) is 0 Å². The summed E-state index contributed by atoms with van der Waals surface area (Å²) in [6.45, 7) is 8.31. The number of carbonyl (C=O) groups excluding carboxylic acids is 2. The van der Waals surface area contributed by atoms with E-state index >= 15 is 0 Å². The lowest BCUT2D eigenvalue weighted by atomic mass is 9.91. The molecule has 100 valence electrons. The van der Waals surface area contributed by atoms with Crippen molar-refractivity contribution in [2.45, 2.75) is 66.2 Å². The van der Waals surface area contributed by atoms with E-state index in [0.29, 0.717) is 18.8 Å². The van der Waals surface area contributed by atoms with Crippen LogP contribution in [0, 0.1) is 11.8 Å². The van der Waals surface area contributed by atoms with Gasteiger partial charge < -0.3 is 4.74 Å². The van der Waals surface area contributed by atoms with Gasteiger partial charge in [0.25, 0.3) is 0 Å². The molecular formula is C14H26O3. The van der Waals surface area contributed by atoms with Gasteiger partial charge in [-0.2, -0.15) is 0 Å². The van der Waals surface area contributed by atoms with E-state index in [1.54, 1.807) is 0 Å². The highest BCUT2D eigenvalue weighted by Gasteiger charge is 2.17. The fourth-order valence-corrected chi connectivity index (χ4v) is 1.61. The van der Waals surface area contributed by atoms with Crippen molar-refractivity contribution in [3.63, 3.8) is 0 Å². The lowest BCUT2D eigenvalue weighted by Gasteiger charge is -2.16. The van der Waals surface area contributed by atoms with Gasteiger partial charge >= 0.3 is 11.9 Å². The molecule has 0 aromatic heterocycles. The van der Waals surface area contributed by atoms with Crippen molar-refractivity contribution in [1.29, 1.82) is 0 Å². The molecule has 0 fully saturated rings. The molecule has 0 aromatic rings. The lowest BCUT2D eigenvalue weighted by molar-refractivity contribution is -0.160. The SMILES string of the molecule is CCCCCC(=O)OC(=O)CC(C)C(C)CC. The Hall–Kier alpha value is -0.860. The average Bonchev–Trinajstić information content (AvgIpc) is 2.27. The summed E-state index contributed by atoms with van der Waals surface area (Å²) in [6.07, 6.45) is 4.62. The number of rotatable bonds is 8. The van der Waals surface area contributed by atoms with E-state index in [9.17, 15) is 9.59 Å². The third-order valence-corrected chi connectivity index (χ3v) is 3.32. The van der Waals surface area contributed by atoms with E-state index in [2.05, 4.69) is 20.8 Å². The molecule has 2 unspecified atom stereocenters. The molecule has 0 saturated carbocycles. The van der Waals surface area contributed by atoms with E-state index < -0.39 is 0 Å². The smallest absolute Gasteiger partial charge is 0.313 e. The van der Waals surface area contributed by atoms with Crippen LogP contribution >= 0.6 is 0 Å². The Labute approximate surface area is 105 Å². The fraction of sp³-hybridized carbons (Fsp3) is 0.857. The van der Waals surface area contributed by atoms with E-state index in [1.807, 2.05) is 6.92 Å². The third kappa shape index (κ3) is 7.94. The van der Waals surface area contributed by atoms with Gasteiger partial charge in [0.05, 0.1) is 0 Å². The van der Waals surface area contributed by atoms with Gasteiger partial charge in [-0.05, 0) is 18.3 Å². The van der Waals surface area contributed by atoms with Crippen molar-refractivity contribution in [2.75, 3.05) is 0 Å². The fourth-order valence-electron chi connectivity index (χ4n) is 1.61. The highest BCUT2D eigenvalue weighted by molar-refractivity contribution is 5.85. The first-order chi connectivity index (χ1) is 8.01. The number of unbranched alkanes of at least 4 members (excludes halogenated alkanes) is 2. The quantitative estimate of drug-likeness (QED) is 0.370. The van der Waals surface area contributed by atoms with Crippen molar-refractivity contribution >= 4 is 11.9 Å². The molecule has 0 aromatic carbocycles. The van der Waals surface area contributed by atoms with Crippen LogP contribution < -0.4 is 0 Å². The van der Waals surface area contributed by atoms with Gasteiger partial charge in [0.15, 0.2) is 0 Å². The predicted octanol–water partition coefficient (Wildman–Crippen LogP) is 3.71. The van der Waals surface area contributed by atoms with Gasteiger partial charge in [0.1, 0.15) is 0 Å². The van der Waals surface area contributed by atoms with Crippen LogP contribution in [0.1, 0.15) is 66.2 Å². The molecule has 0 radical (unpaired) electrons. The monoisotopic (exact) mass is 242 g/mol. The zero-order chi connectivity index (χ0) is 13.3. The zero-order valence-corrected chi connectivity index (χ0v) is 11.6. The summed E-state index contributed by atoms with van der Waals surface area (Å²) >= 11 is 0. The van der Waals surface area contributed by atoms with Crippen molar-refractivity contribution in [3.05, 3.63) is 0 Å². The molecular weight excluding hydrogens is 216 g/mol. The average molecular weight is 242 g/mol. The second-order valence-corrected chi connectivity index (χ2v) is 4.87. The van der Waals surface area contributed by atoms with Crippen LogP contribution in [-0.4, -0.2) is 11.9 Å². The molecule has 0 aliphatic carbocycles. The molecule has 3 heteroatoms. The maximum absolute atomic E-state index is 11.5. The van der Waals surface area contributed by atoms with E-state index in [0.717, 1.165) is 25.7 Å². The number of hydrogen-bond donors (Lipinski definition) is 0. The minimum Gasteiger partial charge on any atom is -0.393 e. The van der Waals surface area contributed by atoms with Crippen LogP contribution in [-0.2, 0) is 14.3 Å². The van der Waals surface area contributed by atoms with Gasteiger partial charge in [0, 0.05) is 12.8 Å². The van der Waals surface area contributed by atoms with Crippen molar-refractivity contribution in [1.82, 2.24) is 0 Å². The first-order valence-electron chi connectivity index (χ1n) is 6.74. The maximum atomic E-state index is 11.5. The first-order valence-corrected chi connectivity index (χ1v) is 6.74. The van der Waals surface area contributed by atoms with Crippen LogP contribution in [0.3, 0.4) is 0 Å². The Morgan fingerprint density at radius 2 is 1.65 bits per heavy atom. The molecule has 0 heterocycles. The van der Waals surface area contributed by atoms with Crippen LogP contribution in [0.15, 0.2) is 0 Å². The molecule has 0 rings (SSSR count). The minimum absolute atomic E-state index is 0.274. The molecule has 0 bridgehead atoms. The molecule has 0 saturated heterocycles. The molecule has 2 atom stereocenters. The topological polar surface area (TPSA) is 43.4 Å². The summed E-state index contributed by atoms with van der Waals surface area (Å²) in [4.78, 5) is 22.8. The highest BCUT2D eigenvalue weighted by atomic mass is 16.6. The lowest BCUT2D eigenvalue weighted by Crippen LogP contribution is -2.18. The molecule has 0 N–H and O–H groups in total. The Morgan fingerprint density at radius 3 is 2.18 bits per heavy atom. The maximum Gasteiger partial charge on any atom is 0.313 e. The second-order valence-electron chi connectivity index (χ2n) is 4.87. The van der Waals surface area contributed by atoms with Crippen molar-refractivity contribution < 1.29 is 14.3 Å². The van der Waals surface area contributed by atoms with Crippen LogP contribution in [0.5, 0.6) is 0 Å². The van der Waals surface area contributed by atoms with Gasteiger partial charge in [-0.3, -0.25) is 9.59 Å². The summed E-state index contributed by atoms with van der Waals surface area (Å²) < 4.78 is 4.78. The molecule has 0 amide bonds. The number of esters is 2. The van der Waals surface area contributed by atoms with Gasteiger partial charge in [-0.1, -0.05) is 47.0 Å². The second kappa shape index (κ2) is 9.20. The zero-order valence-electron chi connectivity index (χ0n) is 11.6. The Bertz CT molecular complexity index is 236. The Morgan fingerprint density at radius 1 is 1.00 bits per heavy atom. The third-order valence-electron chi connectivity index (χ3n) is 3.32.